The number of rotatable bonds is 7. The number of carbonyl (C=O) groups is 2. The van der Waals surface area contributed by atoms with Crippen LogP contribution in [0.3, 0.4) is 0 Å². The molecule has 0 bridgehead atoms. The van der Waals surface area contributed by atoms with E-state index in [1.54, 1.807) is 36.4 Å². The van der Waals surface area contributed by atoms with Crippen molar-refractivity contribution in [1.29, 1.82) is 0 Å². The van der Waals surface area contributed by atoms with E-state index in [9.17, 15) is 9.59 Å². The lowest BCUT2D eigenvalue weighted by Gasteiger charge is -2.09. The molecule has 0 fully saturated rings. The van der Waals surface area contributed by atoms with E-state index in [1.165, 1.54) is 6.21 Å². The minimum atomic E-state index is -0.423. The Kier molecular flexibility index (Phi) is 9.26. The maximum atomic E-state index is 12.3. The van der Waals surface area contributed by atoms with Crippen molar-refractivity contribution in [2.45, 2.75) is 0 Å². The molecule has 3 aromatic rings. The number of hydrazone groups is 1. The second kappa shape index (κ2) is 11.9. The Hall–Kier alpha value is -1.76. The van der Waals surface area contributed by atoms with Gasteiger partial charge in [0.1, 0.15) is 11.5 Å². The summed E-state index contributed by atoms with van der Waals surface area (Å²) >= 11 is 12.2. The number of amides is 1. The first kappa shape index (κ1) is 24.9. The van der Waals surface area contributed by atoms with Crippen molar-refractivity contribution in [1.82, 2.24) is 5.43 Å². The molecule has 32 heavy (non-hydrogen) atoms. The van der Waals surface area contributed by atoms with Crippen molar-refractivity contribution >= 4 is 88.5 Å². The number of carbonyl (C=O) groups excluding carboxylic acids is 2. The van der Waals surface area contributed by atoms with Crippen molar-refractivity contribution in [3.63, 3.8) is 0 Å². The zero-order chi connectivity index (χ0) is 23.1. The van der Waals surface area contributed by atoms with Gasteiger partial charge >= 0.3 is 5.97 Å². The van der Waals surface area contributed by atoms with Crippen LogP contribution >= 0.6 is 70.4 Å². The SMILES string of the molecule is O=C(COc1c(Br)cc(Br)cc1Br)N/N=C/c1ccc(OC(=O)c2ccccc2I)cc1. The van der Waals surface area contributed by atoms with Crippen LogP contribution in [0.5, 0.6) is 11.5 Å². The monoisotopic (exact) mass is 734 g/mol. The Bertz CT molecular complexity index is 1150. The highest BCUT2D eigenvalue weighted by Gasteiger charge is 2.12. The Labute approximate surface area is 223 Å². The summed E-state index contributed by atoms with van der Waals surface area (Å²) in [5, 5.41) is 3.92. The summed E-state index contributed by atoms with van der Waals surface area (Å²) in [5.41, 5.74) is 3.63. The van der Waals surface area contributed by atoms with Gasteiger partial charge in [-0.3, -0.25) is 4.79 Å². The average molecular weight is 737 g/mol. The quantitative estimate of drug-likeness (QED) is 0.101. The second-order valence-electron chi connectivity index (χ2n) is 6.22. The Morgan fingerprint density at radius 3 is 2.31 bits per heavy atom. The molecule has 0 saturated carbocycles. The largest absolute Gasteiger partial charge is 0.481 e. The van der Waals surface area contributed by atoms with Gasteiger partial charge in [0.05, 0.1) is 20.7 Å². The number of esters is 1. The van der Waals surface area contributed by atoms with Crippen LogP contribution in [-0.2, 0) is 4.79 Å². The van der Waals surface area contributed by atoms with Crippen LogP contribution in [0.25, 0.3) is 0 Å². The molecule has 0 aliphatic rings. The molecule has 0 unspecified atom stereocenters. The predicted molar refractivity (Wildman–Crippen MR) is 141 cm³/mol. The molecular weight excluding hydrogens is 723 g/mol. The lowest BCUT2D eigenvalue weighted by molar-refractivity contribution is -0.123. The van der Waals surface area contributed by atoms with Crippen LogP contribution in [0.15, 0.2) is 79.2 Å². The molecule has 0 atom stereocenters. The Morgan fingerprint density at radius 2 is 1.66 bits per heavy atom. The summed E-state index contributed by atoms with van der Waals surface area (Å²) in [6.45, 7) is -0.205. The van der Waals surface area contributed by atoms with E-state index in [-0.39, 0.29) is 6.61 Å². The highest BCUT2D eigenvalue weighted by atomic mass is 127. The van der Waals surface area contributed by atoms with E-state index in [4.69, 9.17) is 9.47 Å². The smallest absolute Gasteiger partial charge is 0.344 e. The topological polar surface area (TPSA) is 77.0 Å². The summed E-state index contributed by atoms with van der Waals surface area (Å²) in [6, 6.07) is 17.6. The highest BCUT2D eigenvalue weighted by Crippen LogP contribution is 2.36. The van der Waals surface area contributed by atoms with Gasteiger partial charge in [-0.1, -0.05) is 28.1 Å². The molecule has 0 heterocycles. The van der Waals surface area contributed by atoms with Gasteiger partial charge in [-0.25, -0.2) is 10.2 Å². The maximum Gasteiger partial charge on any atom is 0.344 e. The van der Waals surface area contributed by atoms with E-state index < -0.39 is 11.9 Å². The van der Waals surface area contributed by atoms with E-state index in [0.29, 0.717) is 26.0 Å². The summed E-state index contributed by atoms with van der Waals surface area (Å²) in [7, 11) is 0. The molecule has 0 saturated heterocycles. The molecular formula is C22H14Br3IN2O4. The summed E-state index contributed by atoms with van der Waals surface area (Å²) in [4.78, 5) is 24.3. The summed E-state index contributed by atoms with van der Waals surface area (Å²) < 4.78 is 14.0. The van der Waals surface area contributed by atoms with Gasteiger partial charge in [0.15, 0.2) is 6.61 Å². The van der Waals surface area contributed by atoms with Gasteiger partial charge in [-0.05, 0) is 109 Å². The van der Waals surface area contributed by atoms with E-state index >= 15 is 0 Å². The number of ether oxygens (including phenoxy) is 2. The van der Waals surface area contributed by atoms with Crippen LogP contribution in [0.1, 0.15) is 15.9 Å². The molecule has 0 radical (unpaired) electrons. The highest BCUT2D eigenvalue weighted by molar-refractivity contribution is 14.1. The maximum absolute atomic E-state index is 12.3. The number of nitrogens with zero attached hydrogens (tertiary/aromatic N) is 1. The molecule has 1 amide bonds. The number of hydrogen-bond acceptors (Lipinski definition) is 5. The standard InChI is InChI=1S/C22H14Br3IN2O4/c23-14-9-17(24)21(18(25)10-14)31-12-20(29)28-27-11-13-5-7-15(8-6-13)32-22(30)16-3-1-2-4-19(16)26/h1-11H,12H2,(H,28,29)/b27-11+. The fraction of sp³-hybridized carbons (Fsp3) is 0.0455. The molecule has 3 aromatic carbocycles. The fourth-order valence-corrected chi connectivity index (χ4v) is 5.52. The molecule has 0 aromatic heterocycles. The zero-order valence-electron chi connectivity index (χ0n) is 16.2. The molecule has 1 N–H and O–H groups in total. The van der Waals surface area contributed by atoms with Crippen LogP contribution < -0.4 is 14.9 Å². The summed E-state index contributed by atoms with van der Waals surface area (Å²) in [6.07, 6.45) is 1.48. The van der Waals surface area contributed by atoms with Crippen LogP contribution in [0, 0.1) is 3.57 Å². The van der Waals surface area contributed by atoms with Crippen LogP contribution in [-0.4, -0.2) is 24.7 Å². The summed E-state index contributed by atoms with van der Waals surface area (Å²) in [5.74, 6) is 0.0938. The third kappa shape index (κ3) is 7.12. The van der Waals surface area contributed by atoms with E-state index in [1.807, 2.05) is 24.3 Å². The van der Waals surface area contributed by atoms with Gasteiger partial charge in [-0.15, -0.1) is 0 Å². The predicted octanol–water partition coefficient (Wildman–Crippen LogP) is 6.33. The molecule has 10 heteroatoms. The number of benzene rings is 3. The van der Waals surface area contributed by atoms with E-state index in [0.717, 1.165) is 13.6 Å². The molecule has 0 aliphatic heterocycles. The number of nitrogens with one attached hydrogen (secondary N) is 1. The minimum absolute atomic E-state index is 0.205. The molecule has 6 nitrogen and oxygen atoms in total. The first-order valence-electron chi connectivity index (χ1n) is 8.99. The van der Waals surface area contributed by atoms with Crippen molar-refractivity contribution in [2.75, 3.05) is 6.61 Å². The third-order valence-electron chi connectivity index (χ3n) is 3.90. The lowest BCUT2D eigenvalue weighted by Crippen LogP contribution is -2.24. The van der Waals surface area contributed by atoms with Crippen molar-refractivity contribution in [3.8, 4) is 11.5 Å². The van der Waals surface area contributed by atoms with Gasteiger partial charge in [0, 0.05) is 8.04 Å². The fourth-order valence-electron chi connectivity index (χ4n) is 2.43. The van der Waals surface area contributed by atoms with Crippen molar-refractivity contribution in [2.24, 2.45) is 5.10 Å². The Balaban J connectivity index is 1.50. The molecule has 0 aliphatic carbocycles. The number of halogens is 4. The Morgan fingerprint density at radius 1 is 1.00 bits per heavy atom. The molecule has 0 spiro atoms. The van der Waals surface area contributed by atoms with Crippen LogP contribution in [0.4, 0.5) is 0 Å². The van der Waals surface area contributed by atoms with Crippen LogP contribution in [0.2, 0.25) is 0 Å². The lowest BCUT2D eigenvalue weighted by atomic mass is 10.2. The molecule has 164 valence electrons. The van der Waals surface area contributed by atoms with Crippen molar-refractivity contribution < 1.29 is 19.1 Å². The minimum Gasteiger partial charge on any atom is -0.481 e. The normalized spacial score (nSPS) is 10.8. The van der Waals surface area contributed by atoms with Crippen molar-refractivity contribution in [3.05, 3.63) is 88.8 Å². The van der Waals surface area contributed by atoms with E-state index in [2.05, 4.69) is 80.9 Å². The zero-order valence-corrected chi connectivity index (χ0v) is 23.1. The van der Waals surface area contributed by atoms with Gasteiger partial charge in [0.25, 0.3) is 5.91 Å². The first-order valence-corrected chi connectivity index (χ1v) is 12.5. The average Bonchev–Trinajstić information content (AvgIpc) is 2.74. The van der Waals surface area contributed by atoms with Gasteiger partial charge in [-0.2, -0.15) is 5.10 Å². The molecule has 3 rings (SSSR count). The number of hydrogen-bond donors (Lipinski definition) is 1. The third-order valence-corrected chi connectivity index (χ3v) is 6.47. The second-order valence-corrected chi connectivity index (χ2v) is 10.0. The first-order chi connectivity index (χ1) is 15.3. The van der Waals surface area contributed by atoms with Gasteiger partial charge < -0.3 is 9.47 Å². The van der Waals surface area contributed by atoms with Gasteiger partial charge in [0.2, 0.25) is 0 Å².